The average Bonchev–Trinajstić information content (AvgIpc) is 2.89. The third-order valence-electron chi connectivity index (χ3n) is 3.12. The van der Waals surface area contributed by atoms with Crippen LogP contribution in [0.15, 0.2) is 59.9 Å². The van der Waals surface area contributed by atoms with Crippen LogP contribution < -0.4 is 0 Å². The van der Waals surface area contributed by atoms with Crippen molar-refractivity contribution < 1.29 is 5.11 Å². The SMILES string of the molecule is C/C=C(/C)C(O)=CC(/C=C/C)n1nc2ccccc2n1. The molecule has 1 heterocycles. The molecule has 104 valence electrons. The van der Waals surface area contributed by atoms with Gasteiger partial charge in [-0.25, -0.2) is 0 Å². The van der Waals surface area contributed by atoms with Crippen molar-refractivity contribution in [2.45, 2.75) is 26.8 Å². The number of aromatic nitrogens is 3. The number of benzene rings is 1. The predicted molar refractivity (Wildman–Crippen MR) is 81.5 cm³/mol. The van der Waals surface area contributed by atoms with Gasteiger partial charge in [0.2, 0.25) is 0 Å². The molecule has 2 rings (SSSR count). The maximum Gasteiger partial charge on any atom is 0.116 e. The van der Waals surface area contributed by atoms with Gasteiger partial charge in [-0.05, 0) is 44.6 Å². The summed E-state index contributed by atoms with van der Waals surface area (Å²) in [6.45, 7) is 5.69. The van der Waals surface area contributed by atoms with E-state index in [4.69, 9.17) is 0 Å². The number of hydrogen-bond acceptors (Lipinski definition) is 3. The van der Waals surface area contributed by atoms with E-state index in [0.29, 0.717) is 0 Å². The minimum absolute atomic E-state index is 0.206. The number of nitrogens with zero attached hydrogens (tertiary/aromatic N) is 3. The first-order valence-corrected chi connectivity index (χ1v) is 6.64. The zero-order chi connectivity index (χ0) is 14.5. The lowest BCUT2D eigenvalue weighted by atomic mass is 10.1. The van der Waals surface area contributed by atoms with Crippen LogP contribution in [0.1, 0.15) is 26.8 Å². The fourth-order valence-electron chi connectivity index (χ4n) is 1.85. The van der Waals surface area contributed by atoms with Crippen molar-refractivity contribution >= 4 is 11.0 Å². The van der Waals surface area contributed by atoms with E-state index in [1.54, 1.807) is 10.9 Å². The molecule has 1 N–H and O–H groups in total. The van der Waals surface area contributed by atoms with Gasteiger partial charge < -0.3 is 5.11 Å². The Morgan fingerprint density at radius 2 is 1.80 bits per heavy atom. The van der Waals surface area contributed by atoms with E-state index in [1.807, 2.05) is 63.3 Å². The maximum atomic E-state index is 10.0. The second-order valence-corrected chi connectivity index (χ2v) is 4.55. The van der Waals surface area contributed by atoms with Gasteiger partial charge in [0.1, 0.15) is 22.8 Å². The molecule has 4 heteroatoms. The van der Waals surface area contributed by atoms with Crippen LogP contribution in [0.4, 0.5) is 0 Å². The van der Waals surface area contributed by atoms with Crippen molar-refractivity contribution in [1.82, 2.24) is 15.0 Å². The van der Waals surface area contributed by atoms with E-state index in [1.165, 1.54) is 0 Å². The Bertz CT molecular complexity index is 647. The molecule has 0 radical (unpaired) electrons. The monoisotopic (exact) mass is 269 g/mol. The quantitative estimate of drug-likeness (QED) is 0.519. The van der Waals surface area contributed by atoms with Crippen LogP contribution in [0.2, 0.25) is 0 Å². The minimum atomic E-state index is -0.206. The molecule has 1 aromatic carbocycles. The van der Waals surface area contributed by atoms with Gasteiger partial charge in [0, 0.05) is 0 Å². The number of aliphatic hydroxyl groups excluding tert-OH is 1. The van der Waals surface area contributed by atoms with Crippen LogP contribution >= 0.6 is 0 Å². The fourth-order valence-corrected chi connectivity index (χ4v) is 1.85. The van der Waals surface area contributed by atoms with E-state index in [-0.39, 0.29) is 11.8 Å². The summed E-state index contributed by atoms with van der Waals surface area (Å²) in [6.07, 6.45) is 7.48. The molecule has 0 saturated carbocycles. The molecule has 0 saturated heterocycles. The van der Waals surface area contributed by atoms with E-state index >= 15 is 0 Å². The van der Waals surface area contributed by atoms with Gasteiger partial charge in [-0.15, -0.1) is 0 Å². The fraction of sp³-hybridized carbons (Fsp3) is 0.250. The second kappa shape index (κ2) is 6.19. The molecule has 0 fully saturated rings. The first kappa shape index (κ1) is 14.1. The van der Waals surface area contributed by atoms with E-state index in [2.05, 4.69) is 10.2 Å². The third-order valence-corrected chi connectivity index (χ3v) is 3.12. The summed E-state index contributed by atoms with van der Waals surface area (Å²) in [7, 11) is 0. The van der Waals surface area contributed by atoms with Crippen LogP contribution in [-0.4, -0.2) is 20.1 Å². The van der Waals surface area contributed by atoms with Crippen LogP contribution in [0.5, 0.6) is 0 Å². The van der Waals surface area contributed by atoms with Gasteiger partial charge in [-0.3, -0.25) is 0 Å². The molecule has 0 aliphatic heterocycles. The number of rotatable bonds is 4. The summed E-state index contributed by atoms with van der Waals surface area (Å²) in [6, 6.07) is 7.51. The normalized spacial score (nSPS) is 15.2. The van der Waals surface area contributed by atoms with E-state index < -0.39 is 0 Å². The van der Waals surface area contributed by atoms with Gasteiger partial charge in [-0.2, -0.15) is 15.0 Å². The van der Waals surface area contributed by atoms with E-state index in [0.717, 1.165) is 16.6 Å². The van der Waals surface area contributed by atoms with Crippen molar-refractivity contribution in [3.05, 3.63) is 59.9 Å². The van der Waals surface area contributed by atoms with Gasteiger partial charge >= 0.3 is 0 Å². The molecule has 0 amide bonds. The molecule has 0 aliphatic rings. The second-order valence-electron chi connectivity index (χ2n) is 4.55. The summed E-state index contributed by atoms with van der Waals surface area (Å²) in [5.41, 5.74) is 2.52. The molecule has 20 heavy (non-hydrogen) atoms. The highest BCUT2D eigenvalue weighted by atomic mass is 16.3. The average molecular weight is 269 g/mol. The smallest absolute Gasteiger partial charge is 0.116 e. The Hall–Kier alpha value is -2.36. The Labute approximate surface area is 118 Å². The van der Waals surface area contributed by atoms with Gasteiger partial charge in [0.05, 0.1) is 0 Å². The first-order valence-electron chi connectivity index (χ1n) is 6.64. The Morgan fingerprint density at radius 3 is 2.30 bits per heavy atom. The topological polar surface area (TPSA) is 50.9 Å². The molecule has 1 unspecified atom stereocenters. The summed E-state index contributed by atoms with van der Waals surface area (Å²) >= 11 is 0. The predicted octanol–water partition coefficient (Wildman–Crippen LogP) is 3.96. The molecule has 0 spiro atoms. The third kappa shape index (κ3) is 2.96. The molecule has 1 atom stereocenters. The molecule has 4 nitrogen and oxygen atoms in total. The Kier molecular flexibility index (Phi) is 4.35. The van der Waals surface area contributed by atoms with Gasteiger partial charge in [-0.1, -0.05) is 30.4 Å². The van der Waals surface area contributed by atoms with Crippen LogP contribution in [0, 0.1) is 0 Å². The zero-order valence-electron chi connectivity index (χ0n) is 12.0. The van der Waals surface area contributed by atoms with Crippen molar-refractivity contribution in [1.29, 1.82) is 0 Å². The number of aliphatic hydroxyl groups is 1. The highest BCUT2D eigenvalue weighted by Gasteiger charge is 2.10. The molecular formula is C16H19N3O. The Balaban J connectivity index is 2.43. The van der Waals surface area contributed by atoms with Crippen molar-refractivity contribution in [2.75, 3.05) is 0 Å². The van der Waals surface area contributed by atoms with E-state index in [9.17, 15) is 5.11 Å². The molecule has 0 aliphatic carbocycles. The Morgan fingerprint density at radius 1 is 1.20 bits per heavy atom. The first-order chi connectivity index (χ1) is 9.65. The summed E-state index contributed by atoms with van der Waals surface area (Å²) in [5, 5.41) is 18.9. The minimum Gasteiger partial charge on any atom is -0.508 e. The highest BCUT2D eigenvalue weighted by molar-refractivity contribution is 5.73. The lowest BCUT2D eigenvalue weighted by Crippen LogP contribution is -2.08. The van der Waals surface area contributed by atoms with Crippen LogP contribution in [0.25, 0.3) is 11.0 Å². The zero-order valence-corrected chi connectivity index (χ0v) is 12.0. The van der Waals surface area contributed by atoms with Crippen LogP contribution in [-0.2, 0) is 0 Å². The lowest BCUT2D eigenvalue weighted by molar-refractivity contribution is 0.411. The lowest BCUT2D eigenvalue weighted by Gasteiger charge is -2.08. The summed E-state index contributed by atoms with van der Waals surface area (Å²) in [4.78, 5) is 1.61. The maximum absolute atomic E-state index is 10.0. The summed E-state index contributed by atoms with van der Waals surface area (Å²) < 4.78 is 0. The number of hydrogen-bond donors (Lipinski definition) is 1. The van der Waals surface area contributed by atoms with Crippen molar-refractivity contribution in [2.24, 2.45) is 0 Å². The standard InChI is InChI=1S/C16H19N3O/c1-4-8-13(11-16(20)12(3)5-2)19-17-14-9-6-7-10-15(14)18-19/h4-11,13,20H,1-3H3/b8-4+,12-5-,16-11?. The van der Waals surface area contributed by atoms with Crippen molar-refractivity contribution in [3.8, 4) is 0 Å². The molecule has 1 aromatic heterocycles. The van der Waals surface area contributed by atoms with Crippen molar-refractivity contribution in [3.63, 3.8) is 0 Å². The molecule has 2 aromatic rings. The van der Waals surface area contributed by atoms with Gasteiger partial charge in [0.15, 0.2) is 0 Å². The number of fused-ring (bicyclic) bond motifs is 1. The highest BCUT2D eigenvalue weighted by Crippen LogP contribution is 2.17. The largest absolute Gasteiger partial charge is 0.508 e. The van der Waals surface area contributed by atoms with Gasteiger partial charge in [0.25, 0.3) is 0 Å². The molecule has 0 bridgehead atoms. The number of allylic oxidation sites excluding steroid dienone is 5. The van der Waals surface area contributed by atoms with Crippen LogP contribution in [0.3, 0.4) is 0 Å². The molecular weight excluding hydrogens is 250 g/mol. The summed E-state index contributed by atoms with van der Waals surface area (Å²) in [5.74, 6) is 0.247.